The summed E-state index contributed by atoms with van der Waals surface area (Å²) in [6.45, 7) is 0.262. The zero-order valence-corrected chi connectivity index (χ0v) is 21.4. The van der Waals surface area contributed by atoms with Crippen LogP contribution in [-0.2, 0) is 29.4 Å². The maximum Gasteiger partial charge on any atom is 0.337 e. The molecule has 1 N–H and O–H groups in total. The largest absolute Gasteiger partial charge is 0.465 e. The second-order valence-electron chi connectivity index (χ2n) is 8.11. The first kappa shape index (κ1) is 25.2. The van der Waals surface area contributed by atoms with Crippen LogP contribution in [0.2, 0.25) is 0 Å². The van der Waals surface area contributed by atoms with E-state index < -0.39 is 31.7 Å². The number of benzene rings is 2. The summed E-state index contributed by atoms with van der Waals surface area (Å²) in [5, 5.41) is 3.18. The molecule has 186 valence electrons. The molecule has 0 bridgehead atoms. The molecule has 35 heavy (non-hydrogen) atoms. The molecule has 1 aliphatic rings. The van der Waals surface area contributed by atoms with E-state index in [1.807, 2.05) is 0 Å². The van der Waals surface area contributed by atoms with E-state index in [-0.39, 0.29) is 28.8 Å². The fourth-order valence-electron chi connectivity index (χ4n) is 3.80. The molecule has 1 aliphatic heterocycles. The fourth-order valence-corrected chi connectivity index (χ4v) is 6.97. The zero-order chi connectivity index (χ0) is 25.4. The van der Waals surface area contributed by atoms with Gasteiger partial charge in [0.2, 0.25) is 15.9 Å². The van der Waals surface area contributed by atoms with Gasteiger partial charge in [0.1, 0.15) is 0 Å². The lowest BCUT2D eigenvalue weighted by Crippen LogP contribution is -2.41. The van der Waals surface area contributed by atoms with Gasteiger partial charge in [0.15, 0.2) is 15.0 Å². The van der Waals surface area contributed by atoms with Crippen molar-refractivity contribution in [1.82, 2.24) is 9.29 Å². The van der Waals surface area contributed by atoms with Crippen LogP contribution >= 0.6 is 11.3 Å². The summed E-state index contributed by atoms with van der Waals surface area (Å²) in [7, 11) is -6.14. The Morgan fingerprint density at radius 1 is 1.06 bits per heavy atom. The molecule has 0 saturated carbocycles. The van der Waals surface area contributed by atoms with Crippen molar-refractivity contribution >= 4 is 58.4 Å². The highest BCUT2D eigenvalue weighted by Crippen LogP contribution is 2.29. The summed E-state index contributed by atoms with van der Waals surface area (Å²) in [6, 6.07) is 10.2. The SMILES string of the molecule is COC(=O)c1ccc2nc(NC(=O)C3CCN(S(=O)(=O)c4cccc(S(C)(=O)=O)c4)CC3)sc2c1. The Kier molecular flexibility index (Phi) is 6.95. The average molecular weight is 538 g/mol. The van der Waals surface area contributed by atoms with Crippen LogP contribution < -0.4 is 5.32 Å². The van der Waals surface area contributed by atoms with E-state index in [9.17, 15) is 26.4 Å². The molecule has 1 aromatic heterocycles. The molecule has 0 atom stereocenters. The summed E-state index contributed by atoms with van der Waals surface area (Å²) in [4.78, 5) is 28.7. The van der Waals surface area contributed by atoms with Gasteiger partial charge in [-0.15, -0.1) is 0 Å². The smallest absolute Gasteiger partial charge is 0.337 e. The van der Waals surface area contributed by atoms with Crippen LogP contribution in [0.15, 0.2) is 52.3 Å². The minimum absolute atomic E-state index is 0.0672. The highest BCUT2D eigenvalue weighted by molar-refractivity contribution is 7.91. The molecule has 1 amide bonds. The average Bonchev–Trinajstić information content (AvgIpc) is 3.24. The molecule has 0 radical (unpaired) electrons. The molecule has 4 rings (SSSR count). The molecule has 13 heteroatoms. The number of carbonyl (C=O) groups is 2. The van der Waals surface area contributed by atoms with Gasteiger partial charge in [-0.1, -0.05) is 17.4 Å². The van der Waals surface area contributed by atoms with Gasteiger partial charge in [-0.3, -0.25) is 4.79 Å². The summed E-state index contributed by atoms with van der Waals surface area (Å²) in [5.41, 5.74) is 1.02. The number of hydrogen-bond donors (Lipinski definition) is 1. The van der Waals surface area contributed by atoms with Crippen molar-refractivity contribution in [2.24, 2.45) is 5.92 Å². The Labute approximate surface area is 206 Å². The van der Waals surface area contributed by atoms with Crippen LogP contribution in [0.4, 0.5) is 5.13 Å². The molecular formula is C22H23N3O7S3. The van der Waals surface area contributed by atoms with Crippen molar-refractivity contribution in [2.75, 3.05) is 31.8 Å². The van der Waals surface area contributed by atoms with Crippen molar-refractivity contribution in [2.45, 2.75) is 22.6 Å². The molecular weight excluding hydrogens is 514 g/mol. The second kappa shape index (κ2) is 9.64. The Hall–Kier alpha value is -2.87. The Bertz CT molecular complexity index is 1510. The van der Waals surface area contributed by atoms with Crippen LogP contribution in [0.25, 0.3) is 10.2 Å². The van der Waals surface area contributed by atoms with E-state index in [2.05, 4.69) is 10.3 Å². The van der Waals surface area contributed by atoms with Gasteiger partial charge in [0.25, 0.3) is 0 Å². The number of carbonyl (C=O) groups excluding carboxylic acids is 2. The van der Waals surface area contributed by atoms with Gasteiger partial charge in [-0.05, 0) is 49.2 Å². The van der Waals surface area contributed by atoms with Crippen molar-refractivity contribution in [3.05, 3.63) is 48.0 Å². The van der Waals surface area contributed by atoms with Crippen molar-refractivity contribution in [3.63, 3.8) is 0 Å². The number of sulfonamides is 1. The van der Waals surface area contributed by atoms with Gasteiger partial charge in [-0.25, -0.2) is 26.6 Å². The second-order valence-corrected chi connectivity index (χ2v) is 13.1. The van der Waals surface area contributed by atoms with Crippen LogP contribution in [0, 0.1) is 5.92 Å². The molecule has 2 aromatic carbocycles. The normalized spacial score (nSPS) is 15.7. The van der Waals surface area contributed by atoms with Gasteiger partial charge < -0.3 is 10.1 Å². The number of ether oxygens (including phenoxy) is 1. The Morgan fingerprint density at radius 2 is 1.74 bits per heavy atom. The van der Waals surface area contributed by atoms with Crippen LogP contribution in [-0.4, -0.2) is 64.5 Å². The van der Waals surface area contributed by atoms with Gasteiger partial charge >= 0.3 is 5.97 Å². The number of rotatable bonds is 6. The van der Waals surface area contributed by atoms with Crippen LogP contribution in [0.3, 0.4) is 0 Å². The van der Waals surface area contributed by atoms with Crippen LogP contribution in [0.1, 0.15) is 23.2 Å². The molecule has 0 aliphatic carbocycles. The molecule has 0 unspecified atom stereocenters. The zero-order valence-electron chi connectivity index (χ0n) is 18.9. The maximum absolute atomic E-state index is 13.0. The lowest BCUT2D eigenvalue weighted by Gasteiger charge is -2.30. The number of methoxy groups -OCH3 is 1. The summed E-state index contributed by atoms with van der Waals surface area (Å²) in [6.07, 6.45) is 1.65. The van der Waals surface area contributed by atoms with Crippen molar-refractivity contribution in [3.8, 4) is 0 Å². The van der Waals surface area contributed by atoms with E-state index >= 15 is 0 Å². The number of piperidine rings is 1. The number of sulfone groups is 1. The van der Waals surface area contributed by atoms with E-state index in [0.717, 1.165) is 17.0 Å². The van der Waals surface area contributed by atoms with E-state index in [1.54, 1.807) is 18.2 Å². The summed E-state index contributed by atoms with van der Waals surface area (Å²) < 4.78 is 56.3. The van der Waals surface area contributed by atoms with E-state index in [4.69, 9.17) is 4.74 Å². The Morgan fingerprint density at radius 3 is 2.40 bits per heavy atom. The monoisotopic (exact) mass is 537 g/mol. The molecule has 1 saturated heterocycles. The predicted octanol–water partition coefficient (Wildman–Crippen LogP) is 2.53. The number of hydrogen-bond acceptors (Lipinski definition) is 9. The highest BCUT2D eigenvalue weighted by Gasteiger charge is 2.33. The number of nitrogens with one attached hydrogen (secondary N) is 1. The minimum atomic E-state index is -3.89. The summed E-state index contributed by atoms with van der Waals surface area (Å²) >= 11 is 1.23. The molecule has 3 aromatic rings. The maximum atomic E-state index is 13.0. The number of aromatic nitrogens is 1. The van der Waals surface area contributed by atoms with Crippen LogP contribution in [0.5, 0.6) is 0 Å². The third-order valence-electron chi connectivity index (χ3n) is 5.74. The first-order valence-electron chi connectivity index (χ1n) is 10.6. The fraction of sp³-hybridized carbons (Fsp3) is 0.318. The summed E-state index contributed by atoms with van der Waals surface area (Å²) in [5.74, 6) is -1.12. The Balaban J connectivity index is 1.41. The number of amides is 1. The highest BCUT2D eigenvalue weighted by atomic mass is 32.2. The standard InChI is InChI=1S/C22H23N3O7S3/c1-32-21(27)15-6-7-18-19(12-15)33-22(23-18)24-20(26)14-8-10-25(11-9-14)35(30,31)17-5-3-4-16(13-17)34(2,28)29/h3-7,12-14H,8-11H2,1-2H3,(H,23,24,26). The third-order valence-corrected chi connectivity index (χ3v) is 9.67. The number of nitrogens with zero attached hydrogens (tertiary/aromatic N) is 2. The van der Waals surface area contributed by atoms with Gasteiger partial charge in [-0.2, -0.15) is 4.31 Å². The third kappa shape index (κ3) is 5.37. The van der Waals surface area contributed by atoms with Gasteiger partial charge in [0.05, 0.1) is 32.7 Å². The number of thiazole rings is 1. The lowest BCUT2D eigenvalue weighted by atomic mass is 9.97. The lowest BCUT2D eigenvalue weighted by molar-refractivity contribution is -0.120. The van der Waals surface area contributed by atoms with E-state index in [1.165, 1.54) is 41.0 Å². The number of fused-ring (bicyclic) bond motifs is 1. The number of esters is 1. The molecule has 1 fully saturated rings. The first-order valence-corrected chi connectivity index (χ1v) is 14.7. The quantitative estimate of drug-likeness (QED) is 0.473. The van der Waals surface area contributed by atoms with Gasteiger partial charge in [0, 0.05) is 25.3 Å². The van der Waals surface area contributed by atoms with Crippen molar-refractivity contribution < 1.29 is 31.2 Å². The molecule has 0 spiro atoms. The molecule has 10 nitrogen and oxygen atoms in total. The number of anilines is 1. The first-order chi connectivity index (χ1) is 16.5. The topological polar surface area (TPSA) is 140 Å². The molecule has 2 heterocycles. The predicted molar refractivity (Wildman–Crippen MR) is 131 cm³/mol. The minimum Gasteiger partial charge on any atom is -0.465 e. The van der Waals surface area contributed by atoms with Crippen molar-refractivity contribution in [1.29, 1.82) is 0 Å². The van der Waals surface area contributed by atoms with E-state index in [0.29, 0.717) is 29.1 Å².